The fourth-order valence-electron chi connectivity index (χ4n) is 9.18. The van der Waals surface area contributed by atoms with Crippen LogP contribution in [0.2, 0.25) is 0 Å². The molecule has 0 aliphatic heterocycles. The van der Waals surface area contributed by atoms with E-state index in [1.165, 1.54) is 64.0 Å². The first-order chi connectivity index (χ1) is 16.4. The maximum atomic E-state index is 12.9. The number of amides is 1. The zero-order valence-electron chi connectivity index (χ0n) is 21.1. The van der Waals surface area contributed by atoms with Crippen molar-refractivity contribution in [1.29, 1.82) is 5.26 Å². The highest BCUT2D eigenvalue weighted by Crippen LogP contribution is 2.64. The van der Waals surface area contributed by atoms with E-state index in [4.69, 9.17) is 10.00 Å². The van der Waals surface area contributed by atoms with E-state index in [-0.39, 0.29) is 11.9 Å². The molecule has 34 heavy (non-hydrogen) atoms. The van der Waals surface area contributed by atoms with Gasteiger partial charge >= 0.3 is 0 Å². The quantitative estimate of drug-likeness (QED) is 0.616. The Balaban J connectivity index is 1.24. The molecule has 1 amide bonds. The van der Waals surface area contributed by atoms with Crippen molar-refractivity contribution < 1.29 is 9.53 Å². The molecule has 4 aliphatic carbocycles. The van der Waals surface area contributed by atoms with E-state index < -0.39 is 0 Å². The number of carbonyl (C=O) groups excluding carboxylic acids is 1. The molecule has 0 radical (unpaired) electrons. The molecule has 1 heterocycles. The predicted molar refractivity (Wildman–Crippen MR) is 132 cm³/mol. The van der Waals surface area contributed by atoms with Crippen LogP contribution in [0.3, 0.4) is 0 Å². The molecule has 0 saturated heterocycles. The van der Waals surface area contributed by atoms with Crippen LogP contribution < -0.4 is 5.32 Å². The van der Waals surface area contributed by atoms with Gasteiger partial charge < -0.3 is 10.1 Å². The molecule has 0 aromatic carbocycles. The lowest BCUT2D eigenvalue weighted by atomic mass is 9.49. The van der Waals surface area contributed by atoms with E-state index >= 15 is 0 Å². The molecule has 5 rings (SSSR count). The largest absolute Gasteiger partial charge is 0.384 e. The number of hydrogen-bond acceptors (Lipinski definition) is 4. The zero-order valence-corrected chi connectivity index (χ0v) is 21.1. The summed E-state index contributed by atoms with van der Waals surface area (Å²) in [5.41, 5.74) is 1.21. The molecule has 184 valence electrons. The van der Waals surface area contributed by atoms with Crippen LogP contribution in [0.25, 0.3) is 0 Å². The van der Waals surface area contributed by atoms with Gasteiger partial charge in [0, 0.05) is 26.0 Å². The normalized spacial score (nSPS) is 39.8. The number of methoxy groups -OCH3 is 1. The zero-order chi connectivity index (χ0) is 23.9. The Labute approximate surface area is 205 Å². The van der Waals surface area contributed by atoms with Crippen molar-refractivity contribution in [2.75, 3.05) is 13.7 Å². The first kappa shape index (κ1) is 23.8. The third-order valence-electron chi connectivity index (χ3n) is 10.6. The Morgan fingerprint density at radius 2 is 2.00 bits per heavy atom. The topological polar surface area (TPSA) is 75.0 Å². The van der Waals surface area contributed by atoms with Gasteiger partial charge in [-0.2, -0.15) is 5.26 Å². The summed E-state index contributed by atoms with van der Waals surface area (Å²) >= 11 is 0. The minimum Gasteiger partial charge on any atom is -0.384 e. The van der Waals surface area contributed by atoms with Crippen LogP contribution in [0, 0.1) is 58.2 Å². The van der Waals surface area contributed by atoms with Crippen LogP contribution in [0.1, 0.15) is 87.7 Å². The lowest BCUT2D eigenvalue weighted by Gasteiger charge is -2.56. The van der Waals surface area contributed by atoms with Gasteiger partial charge in [0.25, 0.3) is 5.91 Å². The summed E-state index contributed by atoms with van der Waals surface area (Å²) in [5, 5.41) is 12.3. The van der Waals surface area contributed by atoms with Gasteiger partial charge in [-0.15, -0.1) is 0 Å². The molecule has 9 atom stereocenters. The minimum absolute atomic E-state index is 0.0708. The molecule has 1 aromatic rings. The highest BCUT2D eigenvalue weighted by Gasteiger charge is 2.57. The van der Waals surface area contributed by atoms with Gasteiger partial charge in [0.2, 0.25) is 0 Å². The maximum Gasteiger partial charge on any atom is 0.253 e. The summed E-state index contributed by atoms with van der Waals surface area (Å²) < 4.78 is 5.49. The highest BCUT2D eigenvalue weighted by atomic mass is 16.5. The number of nitriles is 1. The van der Waals surface area contributed by atoms with Gasteiger partial charge in [-0.05, 0) is 124 Å². The Bertz CT molecular complexity index is 924. The number of nitrogens with zero attached hydrogens (tertiary/aromatic N) is 2. The standard InChI is InChI=1S/C29H41N3O2/c1-18(32-28(33)21-5-7-22(15-30)31-16-21)26-10-11-27-25-9-6-20-14-19(17-34-3)4-8-23(20)24(25)12-13-29(26,27)2/h5,7,16,18-20,23-27H,4,6,8-14,17H2,1-3H3,(H,32,33)/t18-,19+,20-,23+,24?,25-,26?,27?,29-/m1/s1. The fourth-order valence-corrected chi connectivity index (χ4v) is 9.18. The summed E-state index contributed by atoms with van der Waals surface area (Å²) in [6.45, 7) is 5.69. The molecule has 4 aliphatic rings. The predicted octanol–water partition coefficient (Wildman–Crippen LogP) is 5.60. The average molecular weight is 464 g/mol. The number of carbonyl (C=O) groups is 1. The van der Waals surface area contributed by atoms with Crippen molar-refractivity contribution >= 4 is 5.91 Å². The fraction of sp³-hybridized carbons (Fsp3) is 0.759. The summed E-state index contributed by atoms with van der Waals surface area (Å²) in [7, 11) is 1.85. The van der Waals surface area contributed by atoms with E-state index in [0.29, 0.717) is 22.6 Å². The Kier molecular flexibility index (Phi) is 6.73. The Morgan fingerprint density at radius 3 is 2.74 bits per heavy atom. The molecule has 4 saturated carbocycles. The summed E-state index contributed by atoms with van der Waals surface area (Å²) in [6.07, 6.45) is 13.7. The molecule has 5 heteroatoms. The summed E-state index contributed by atoms with van der Waals surface area (Å²) in [5.74, 6) is 5.73. The van der Waals surface area contributed by atoms with E-state index in [2.05, 4.69) is 24.1 Å². The number of nitrogens with one attached hydrogen (secondary N) is 1. The first-order valence-corrected chi connectivity index (χ1v) is 13.6. The monoisotopic (exact) mass is 463 g/mol. The Morgan fingerprint density at radius 1 is 1.18 bits per heavy atom. The minimum atomic E-state index is -0.0708. The number of fused-ring (bicyclic) bond motifs is 5. The van der Waals surface area contributed by atoms with Crippen LogP contribution in [0.4, 0.5) is 0 Å². The van der Waals surface area contributed by atoms with Crippen molar-refractivity contribution in [2.45, 2.75) is 77.7 Å². The van der Waals surface area contributed by atoms with E-state index in [1.807, 2.05) is 13.2 Å². The van der Waals surface area contributed by atoms with E-state index in [9.17, 15) is 4.79 Å². The Hall–Kier alpha value is -1.93. The molecule has 3 unspecified atom stereocenters. The van der Waals surface area contributed by atoms with E-state index in [0.717, 1.165) is 42.1 Å². The molecule has 4 fully saturated rings. The molecule has 5 nitrogen and oxygen atoms in total. The molecule has 1 N–H and O–H groups in total. The van der Waals surface area contributed by atoms with Gasteiger partial charge in [-0.3, -0.25) is 4.79 Å². The second-order valence-corrected chi connectivity index (χ2v) is 12.1. The second kappa shape index (κ2) is 9.61. The maximum absolute atomic E-state index is 12.9. The number of aromatic nitrogens is 1. The smallest absolute Gasteiger partial charge is 0.253 e. The molecule has 1 aromatic heterocycles. The van der Waals surface area contributed by atoms with Gasteiger partial charge in [0.1, 0.15) is 11.8 Å². The lowest BCUT2D eigenvalue weighted by molar-refractivity contribution is -0.0742. The van der Waals surface area contributed by atoms with Crippen LogP contribution in [-0.2, 0) is 4.74 Å². The van der Waals surface area contributed by atoms with Gasteiger partial charge in [0.15, 0.2) is 0 Å². The van der Waals surface area contributed by atoms with Crippen molar-refractivity contribution in [1.82, 2.24) is 10.3 Å². The van der Waals surface area contributed by atoms with Crippen LogP contribution in [0.15, 0.2) is 18.3 Å². The second-order valence-electron chi connectivity index (χ2n) is 12.1. The number of hydrogen-bond donors (Lipinski definition) is 1. The third kappa shape index (κ3) is 4.17. The first-order valence-electron chi connectivity index (χ1n) is 13.6. The molecular weight excluding hydrogens is 422 g/mol. The highest BCUT2D eigenvalue weighted by molar-refractivity contribution is 5.94. The van der Waals surface area contributed by atoms with Gasteiger partial charge in [-0.25, -0.2) is 4.98 Å². The van der Waals surface area contributed by atoms with Crippen molar-refractivity contribution in [3.05, 3.63) is 29.6 Å². The third-order valence-corrected chi connectivity index (χ3v) is 10.6. The summed E-state index contributed by atoms with van der Waals surface area (Å²) in [6, 6.07) is 5.49. The van der Waals surface area contributed by atoms with Gasteiger partial charge in [0.05, 0.1) is 5.56 Å². The lowest BCUT2D eigenvalue weighted by Crippen LogP contribution is -2.51. The SMILES string of the molecule is COC[C@H]1CC[C@@H]2C3CC[C@@]4(C)C(CCC4[C@@H](C)NC(=O)c4ccc(C#N)nc4)[C@@H]3CC[C@@H]2C1. The summed E-state index contributed by atoms with van der Waals surface area (Å²) in [4.78, 5) is 17.0. The van der Waals surface area contributed by atoms with Crippen LogP contribution >= 0.6 is 0 Å². The van der Waals surface area contributed by atoms with E-state index in [1.54, 1.807) is 12.1 Å². The number of ether oxygens (including phenoxy) is 1. The van der Waals surface area contributed by atoms with Crippen LogP contribution in [-0.4, -0.2) is 30.6 Å². The van der Waals surface area contributed by atoms with Crippen LogP contribution in [0.5, 0.6) is 0 Å². The van der Waals surface area contributed by atoms with Crippen molar-refractivity contribution in [3.8, 4) is 6.07 Å². The van der Waals surface area contributed by atoms with Crippen molar-refractivity contribution in [3.63, 3.8) is 0 Å². The number of rotatable bonds is 5. The molecule has 0 bridgehead atoms. The van der Waals surface area contributed by atoms with Crippen molar-refractivity contribution in [2.24, 2.45) is 46.8 Å². The van der Waals surface area contributed by atoms with Gasteiger partial charge in [-0.1, -0.05) is 6.92 Å². The number of pyridine rings is 1. The molecular formula is C29H41N3O2. The molecule has 0 spiro atoms. The average Bonchev–Trinajstić information content (AvgIpc) is 3.21.